The maximum absolute atomic E-state index is 12.1. The normalized spacial score (nSPS) is 29.7. The molecular weight excluding hydrogens is 302 g/mol. The highest BCUT2D eigenvalue weighted by molar-refractivity contribution is 6.29. The molecule has 22 heavy (non-hydrogen) atoms. The van der Waals surface area contributed by atoms with E-state index in [4.69, 9.17) is 16.3 Å². The van der Waals surface area contributed by atoms with Gasteiger partial charge in [-0.1, -0.05) is 17.7 Å². The number of ether oxygens (including phenoxy) is 1. The van der Waals surface area contributed by atoms with Crippen LogP contribution in [0.5, 0.6) is 0 Å². The Kier molecular flexibility index (Phi) is 3.33. The first kappa shape index (κ1) is 15.1. The van der Waals surface area contributed by atoms with Crippen molar-refractivity contribution in [2.24, 2.45) is 11.8 Å². The topological polar surface area (TPSA) is 66.2 Å². The van der Waals surface area contributed by atoms with E-state index in [1.54, 1.807) is 11.0 Å². The summed E-state index contributed by atoms with van der Waals surface area (Å²) in [5.74, 6) is 0.215. The van der Waals surface area contributed by atoms with Crippen LogP contribution in [0.25, 0.3) is 0 Å². The zero-order valence-electron chi connectivity index (χ0n) is 12.8. The van der Waals surface area contributed by atoms with E-state index in [2.05, 4.69) is 11.1 Å². The van der Waals surface area contributed by atoms with Crippen molar-refractivity contribution in [2.75, 3.05) is 13.1 Å². The summed E-state index contributed by atoms with van der Waals surface area (Å²) in [6, 6.07) is 7.75. The Hall–Kier alpha value is -1.80. The third kappa shape index (κ3) is 2.32. The van der Waals surface area contributed by atoms with Crippen LogP contribution in [0, 0.1) is 23.2 Å². The summed E-state index contributed by atoms with van der Waals surface area (Å²) in [4.78, 5) is 18.1. The lowest BCUT2D eigenvalue weighted by Crippen LogP contribution is -2.39. The predicted molar refractivity (Wildman–Crippen MR) is 81.3 cm³/mol. The lowest BCUT2D eigenvalue weighted by molar-refractivity contribution is 0.0265. The monoisotopic (exact) mass is 319 g/mol. The summed E-state index contributed by atoms with van der Waals surface area (Å²) in [5.41, 5.74) is -0.407. The molecule has 5 nitrogen and oxygen atoms in total. The Morgan fingerprint density at radius 2 is 2.09 bits per heavy atom. The lowest BCUT2D eigenvalue weighted by atomic mass is 9.96. The van der Waals surface area contributed by atoms with Crippen LogP contribution in [-0.4, -0.2) is 34.7 Å². The van der Waals surface area contributed by atoms with Gasteiger partial charge in [0.25, 0.3) is 0 Å². The standard InChI is InChI=1S/C16H18ClN3O2/c1-15(2,3)22-14(21)20-7-10-11(8-20)16(10,9-18)12-5-4-6-13(17)19-12/h4-6,10-11H,7-8H2,1-3H3/t10-,11+,16?. The number of carbonyl (C=O) groups excluding carboxylic acids is 1. The Balaban J connectivity index is 1.74. The molecule has 1 aliphatic carbocycles. The van der Waals surface area contributed by atoms with Gasteiger partial charge >= 0.3 is 6.09 Å². The van der Waals surface area contributed by atoms with E-state index in [1.807, 2.05) is 32.9 Å². The minimum Gasteiger partial charge on any atom is -0.444 e. The van der Waals surface area contributed by atoms with Gasteiger partial charge in [-0.15, -0.1) is 0 Å². The number of aromatic nitrogens is 1. The van der Waals surface area contributed by atoms with Gasteiger partial charge in [-0.2, -0.15) is 5.26 Å². The van der Waals surface area contributed by atoms with Gasteiger partial charge in [-0.05, 0) is 32.9 Å². The van der Waals surface area contributed by atoms with Crippen LogP contribution < -0.4 is 0 Å². The fourth-order valence-corrected chi connectivity index (χ4v) is 3.51. The van der Waals surface area contributed by atoms with Crippen LogP contribution in [0.1, 0.15) is 26.5 Å². The van der Waals surface area contributed by atoms with Gasteiger partial charge in [0.2, 0.25) is 0 Å². The average molecular weight is 320 g/mol. The Morgan fingerprint density at radius 1 is 1.45 bits per heavy atom. The largest absolute Gasteiger partial charge is 0.444 e. The van der Waals surface area contributed by atoms with Gasteiger partial charge in [-0.25, -0.2) is 9.78 Å². The van der Waals surface area contributed by atoms with Crippen LogP contribution in [0.2, 0.25) is 5.15 Å². The minimum absolute atomic E-state index is 0.107. The van der Waals surface area contributed by atoms with E-state index in [0.29, 0.717) is 23.9 Å². The summed E-state index contributed by atoms with van der Waals surface area (Å²) in [5, 5.41) is 10.0. The number of likely N-dealkylation sites (tertiary alicyclic amines) is 1. The van der Waals surface area contributed by atoms with E-state index < -0.39 is 11.0 Å². The van der Waals surface area contributed by atoms with Gasteiger partial charge in [0.15, 0.2) is 0 Å². The highest BCUT2D eigenvalue weighted by atomic mass is 35.5. The smallest absolute Gasteiger partial charge is 0.410 e. The molecule has 1 saturated heterocycles. The number of amides is 1. The molecule has 1 aliphatic heterocycles. The number of fused-ring (bicyclic) bond motifs is 1. The molecule has 0 bridgehead atoms. The molecule has 1 aromatic rings. The van der Waals surface area contributed by atoms with Crippen molar-refractivity contribution >= 4 is 17.7 Å². The first-order valence-electron chi connectivity index (χ1n) is 7.30. The second-order valence-electron chi connectivity index (χ2n) is 6.92. The maximum Gasteiger partial charge on any atom is 0.410 e. The molecule has 1 amide bonds. The number of nitrogens with zero attached hydrogens (tertiary/aromatic N) is 3. The summed E-state index contributed by atoms with van der Waals surface area (Å²) >= 11 is 5.94. The SMILES string of the molecule is CC(C)(C)OC(=O)N1C[C@@H]2[C@H](C1)C2(C#N)c1cccc(Cl)n1. The molecule has 1 aromatic heterocycles. The number of hydrogen-bond acceptors (Lipinski definition) is 4. The fourth-order valence-electron chi connectivity index (χ4n) is 3.35. The third-order valence-electron chi connectivity index (χ3n) is 4.36. The van der Waals surface area contributed by atoms with E-state index in [0.717, 1.165) is 0 Å². The number of hydrogen-bond donors (Lipinski definition) is 0. The van der Waals surface area contributed by atoms with Crippen molar-refractivity contribution in [3.63, 3.8) is 0 Å². The molecule has 3 rings (SSSR count). The van der Waals surface area contributed by atoms with Crippen molar-refractivity contribution in [3.05, 3.63) is 29.0 Å². The quantitative estimate of drug-likeness (QED) is 0.746. The maximum atomic E-state index is 12.1. The highest BCUT2D eigenvalue weighted by Crippen LogP contribution is 2.62. The molecule has 2 aliphatic rings. The highest BCUT2D eigenvalue weighted by Gasteiger charge is 2.71. The number of carbonyl (C=O) groups is 1. The van der Waals surface area contributed by atoms with Crippen molar-refractivity contribution in [2.45, 2.75) is 31.8 Å². The molecular formula is C16H18ClN3O2. The first-order valence-corrected chi connectivity index (χ1v) is 7.68. The minimum atomic E-state index is -0.608. The van der Waals surface area contributed by atoms with E-state index >= 15 is 0 Å². The molecule has 0 N–H and O–H groups in total. The molecule has 1 saturated carbocycles. The van der Waals surface area contributed by atoms with Crippen LogP contribution in [0.15, 0.2) is 18.2 Å². The summed E-state index contributed by atoms with van der Waals surface area (Å²) in [6.45, 7) is 6.59. The molecule has 0 aromatic carbocycles. The average Bonchev–Trinajstić information content (AvgIpc) is 2.80. The molecule has 116 valence electrons. The van der Waals surface area contributed by atoms with E-state index in [-0.39, 0.29) is 17.9 Å². The number of nitriles is 1. The number of piperidine rings is 1. The van der Waals surface area contributed by atoms with E-state index in [1.165, 1.54) is 0 Å². The summed E-state index contributed by atoms with van der Waals surface area (Å²) in [7, 11) is 0. The lowest BCUT2D eigenvalue weighted by Gasteiger charge is -2.27. The molecule has 1 unspecified atom stereocenters. The van der Waals surface area contributed by atoms with Crippen LogP contribution in [0.4, 0.5) is 4.79 Å². The van der Waals surface area contributed by atoms with Gasteiger partial charge in [-0.3, -0.25) is 0 Å². The molecule has 2 heterocycles. The molecule has 3 atom stereocenters. The molecule has 0 spiro atoms. The van der Waals surface area contributed by atoms with Gasteiger partial charge in [0.1, 0.15) is 16.2 Å². The van der Waals surface area contributed by atoms with Crippen molar-refractivity contribution in [1.29, 1.82) is 5.26 Å². The van der Waals surface area contributed by atoms with Crippen molar-refractivity contribution in [3.8, 4) is 6.07 Å². The second-order valence-corrected chi connectivity index (χ2v) is 7.31. The van der Waals surface area contributed by atoms with Crippen LogP contribution in [0.3, 0.4) is 0 Å². The number of rotatable bonds is 1. The number of halogens is 1. The van der Waals surface area contributed by atoms with Gasteiger partial charge in [0.05, 0.1) is 11.8 Å². The fraction of sp³-hybridized carbons (Fsp3) is 0.562. The van der Waals surface area contributed by atoms with E-state index in [9.17, 15) is 10.1 Å². The first-order chi connectivity index (χ1) is 10.3. The Morgan fingerprint density at radius 3 is 2.59 bits per heavy atom. The molecule has 0 radical (unpaired) electrons. The zero-order chi connectivity index (χ0) is 16.1. The summed E-state index contributed by atoms with van der Waals surface area (Å²) < 4.78 is 5.38. The predicted octanol–water partition coefficient (Wildman–Crippen LogP) is 2.99. The van der Waals surface area contributed by atoms with Gasteiger partial charge < -0.3 is 9.64 Å². The van der Waals surface area contributed by atoms with Crippen LogP contribution in [-0.2, 0) is 10.2 Å². The summed E-state index contributed by atoms with van der Waals surface area (Å²) in [6.07, 6.45) is -0.314. The Bertz CT molecular complexity index is 650. The molecule has 2 fully saturated rings. The van der Waals surface area contributed by atoms with Crippen LogP contribution >= 0.6 is 11.6 Å². The second kappa shape index (κ2) is 4.85. The number of pyridine rings is 1. The third-order valence-corrected chi connectivity index (χ3v) is 4.57. The molecule has 6 heteroatoms. The van der Waals surface area contributed by atoms with Crippen molar-refractivity contribution < 1.29 is 9.53 Å². The van der Waals surface area contributed by atoms with Crippen molar-refractivity contribution in [1.82, 2.24) is 9.88 Å². The zero-order valence-corrected chi connectivity index (χ0v) is 13.6. The van der Waals surface area contributed by atoms with Gasteiger partial charge in [0, 0.05) is 24.9 Å². The Labute approximate surface area is 134 Å².